The van der Waals surface area contributed by atoms with Gasteiger partial charge in [-0.25, -0.2) is 4.98 Å². The van der Waals surface area contributed by atoms with E-state index in [1.54, 1.807) is 6.20 Å². The number of nitrogens with zero attached hydrogens (tertiary/aromatic N) is 6. The van der Waals surface area contributed by atoms with E-state index < -0.39 is 0 Å². The van der Waals surface area contributed by atoms with E-state index >= 15 is 0 Å². The fraction of sp³-hybridized carbons (Fsp3) is 0.217. The maximum atomic E-state index is 4.96. The van der Waals surface area contributed by atoms with Crippen molar-refractivity contribution in [3.05, 3.63) is 55.1 Å². The first kappa shape index (κ1) is 18.0. The van der Waals surface area contributed by atoms with Gasteiger partial charge in [-0.15, -0.1) is 0 Å². The lowest BCUT2D eigenvalue weighted by atomic mass is 10.0. The molecule has 154 valence electrons. The molecule has 0 amide bonds. The topological polar surface area (TPSA) is 89.6 Å². The zero-order chi connectivity index (χ0) is 20.8. The smallest absolute Gasteiger partial charge is 0.159 e. The van der Waals surface area contributed by atoms with Gasteiger partial charge >= 0.3 is 0 Å². The Morgan fingerprint density at radius 1 is 0.903 bits per heavy atom. The Labute approximate surface area is 179 Å². The van der Waals surface area contributed by atoms with Crippen molar-refractivity contribution in [3.63, 3.8) is 0 Å². The molecule has 8 nitrogen and oxygen atoms in total. The molecule has 31 heavy (non-hydrogen) atoms. The van der Waals surface area contributed by atoms with E-state index in [1.807, 2.05) is 30.7 Å². The average Bonchev–Trinajstić information content (AvgIpc) is 3.43. The summed E-state index contributed by atoms with van der Waals surface area (Å²) in [4.78, 5) is 21.8. The SMILES string of the molecule is CN1CCN(c2cncc3[nH]c(-c4n[nH]c5ccc(-c6cccnc6)cc45)nc23)CC1. The number of piperazine rings is 1. The molecule has 4 aromatic heterocycles. The molecule has 8 heteroatoms. The van der Waals surface area contributed by atoms with Gasteiger partial charge in [-0.3, -0.25) is 15.1 Å². The molecule has 0 unspecified atom stereocenters. The molecule has 0 spiro atoms. The fourth-order valence-electron chi connectivity index (χ4n) is 4.22. The van der Waals surface area contributed by atoms with Gasteiger partial charge in [-0.05, 0) is 30.8 Å². The van der Waals surface area contributed by atoms with Crippen molar-refractivity contribution in [2.75, 3.05) is 38.1 Å². The second kappa shape index (κ2) is 7.17. The van der Waals surface area contributed by atoms with Gasteiger partial charge in [0.15, 0.2) is 5.82 Å². The summed E-state index contributed by atoms with van der Waals surface area (Å²) in [6.45, 7) is 4.02. The molecule has 1 saturated heterocycles. The number of rotatable bonds is 3. The zero-order valence-corrected chi connectivity index (χ0v) is 17.2. The molecule has 5 aromatic rings. The quantitative estimate of drug-likeness (QED) is 0.474. The van der Waals surface area contributed by atoms with Gasteiger partial charge in [0.25, 0.3) is 0 Å². The van der Waals surface area contributed by atoms with Crippen molar-refractivity contribution < 1.29 is 0 Å². The predicted molar refractivity (Wildman–Crippen MR) is 122 cm³/mol. The zero-order valence-electron chi connectivity index (χ0n) is 17.2. The number of benzene rings is 1. The maximum absolute atomic E-state index is 4.96. The van der Waals surface area contributed by atoms with Crippen LogP contribution in [0.15, 0.2) is 55.1 Å². The number of nitrogens with one attached hydrogen (secondary N) is 2. The van der Waals surface area contributed by atoms with Crippen LogP contribution in [0.5, 0.6) is 0 Å². The number of aromatic nitrogens is 6. The van der Waals surface area contributed by atoms with Gasteiger partial charge < -0.3 is 14.8 Å². The lowest BCUT2D eigenvalue weighted by Gasteiger charge is -2.33. The highest BCUT2D eigenvalue weighted by molar-refractivity contribution is 5.97. The van der Waals surface area contributed by atoms with E-state index in [0.29, 0.717) is 0 Å². The van der Waals surface area contributed by atoms with Crippen molar-refractivity contribution in [1.29, 1.82) is 0 Å². The number of pyridine rings is 2. The highest BCUT2D eigenvalue weighted by Gasteiger charge is 2.20. The van der Waals surface area contributed by atoms with Crippen LogP contribution in [0.4, 0.5) is 5.69 Å². The molecule has 0 bridgehead atoms. The van der Waals surface area contributed by atoms with Gasteiger partial charge in [-0.1, -0.05) is 12.1 Å². The summed E-state index contributed by atoms with van der Waals surface area (Å²) in [5, 5.41) is 8.73. The highest BCUT2D eigenvalue weighted by atomic mass is 15.3. The summed E-state index contributed by atoms with van der Waals surface area (Å²) in [6.07, 6.45) is 7.41. The van der Waals surface area contributed by atoms with Crippen LogP contribution in [0.3, 0.4) is 0 Å². The maximum Gasteiger partial charge on any atom is 0.159 e. The standard InChI is InChI=1S/C23H22N8/c1-30-7-9-31(10-8-30)20-14-25-13-19-22(20)27-23(26-19)21-17-11-15(4-5-18(17)28-29-21)16-3-2-6-24-12-16/h2-6,11-14H,7-10H2,1H3,(H,26,27)(H,28,29). The van der Waals surface area contributed by atoms with E-state index in [-0.39, 0.29) is 0 Å². The van der Waals surface area contributed by atoms with Crippen LogP contribution >= 0.6 is 0 Å². The van der Waals surface area contributed by atoms with Crippen LogP contribution in [0.25, 0.3) is 44.6 Å². The lowest BCUT2D eigenvalue weighted by Crippen LogP contribution is -2.44. The molecule has 6 rings (SSSR count). The first-order chi connectivity index (χ1) is 15.3. The number of hydrogen-bond acceptors (Lipinski definition) is 6. The van der Waals surface area contributed by atoms with Crippen LogP contribution in [0.1, 0.15) is 0 Å². The van der Waals surface area contributed by atoms with Gasteiger partial charge in [0.05, 0.1) is 29.1 Å². The van der Waals surface area contributed by atoms with E-state index in [0.717, 1.165) is 76.4 Å². The van der Waals surface area contributed by atoms with Crippen LogP contribution in [-0.4, -0.2) is 68.3 Å². The molecule has 0 aliphatic carbocycles. The van der Waals surface area contributed by atoms with Crippen LogP contribution in [0, 0.1) is 0 Å². The summed E-state index contributed by atoms with van der Waals surface area (Å²) in [5.74, 6) is 0.743. The first-order valence-corrected chi connectivity index (χ1v) is 10.4. The third kappa shape index (κ3) is 3.12. The van der Waals surface area contributed by atoms with Crippen molar-refractivity contribution in [1.82, 2.24) is 35.0 Å². The Morgan fingerprint density at radius 3 is 2.65 bits per heavy atom. The predicted octanol–water partition coefficient (Wildman–Crippen LogP) is 3.32. The number of aromatic amines is 2. The van der Waals surface area contributed by atoms with Crippen molar-refractivity contribution in [2.24, 2.45) is 0 Å². The Hall–Kier alpha value is -3.78. The number of anilines is 1. The van der Waals surface area contributed by atoms with Gasteiger partial charge in [0.2, 0.25) is 0 Å². The normalized spacial score (nSPS) is 15.2. The number of likely N-dealkylation sites (N-methyl/N-ethyl adjacent to an activating group) is 1. The van der Waals surface area contributed by atoms with Gasteiger partial charge in [0, 0.05) is 49.5 Å². The molecule has 1 aromatic carbocycles. The summed E-state index contributed by atoms with van der Waals surface area (Å²) in [7, 11) is 2.16. The van der Waals surface area contributed by atoms with Crippen LogP contribution in [-0.2, 0) is 0 Å². The molecule has 0 saturated carbocycles. The fourth-order valence-corrected chi connectivity index (χ4v) is 4.22. The van der Waals surface area contributed by atoms with Crippen molar-refractivity contribution in [3.8, 4) is 22.6 Å². The average molecular weight is 410 g/mol. The number of fused-ring (bicyclic) bond motifs is 2. The van der Waals surface area contributed by atoms with Crippen molar-refractivity contribution in [2.45, 2.75) is 0 Å². The Balaban J connectivity index is 1.44. The number of imidazole rings is 1. The molecule has 1 aliphatic rings. The molecule has 0 radical (unpaired) electrons. The van der Waals surface area contributed by atoms with Gasteiger partial charge in [0.1, 0.15) is 11.2 Å². The minimum atomic E-state index is 0.743. The summed E-state index contributed by atoms with van der Waals surface area (Å²) in [5.41, 5.74) is 6.88. The minimum Gasteiger partial charge on any atom is -0.366 e. The summed E-state index contributed by atoms with van der Waals surface area (Å²) in [6, 6.07) is 10.3. The second-order valence-electron chi connectivity index (χ2n) is 8.00. The summed E-state index contributed by atoms with van der Waals surface area (Å²) < 4.78 is 0. The van der Waals surface area contributed by atoms with Crippen LogP contribution < -0.4 is 4.90 Å². The Bertz CT molecular complexity index is 1360. The third-order valence-corrected chi connectivity index (χ3v) is 6.00. The molecule has 1 fully saturated rings. The van der Waals surface area contributed by atoms with E-state index in [1.165, 1.54) is 0 Å². The monoisotopic (exact) mass is 410 g/mol. The number of hydrogen-bond donors (Lipinski definition) is 2. The lowest BCUT2D eigenvalue weighted by molar-refractivity contribution is 0.313. The molecule has 2 N–H and O–H groups in total. The molecule has 0 atom stereocenters. The van der Waals surface area contributed by atoms with E-state index in [9.17, 15) is 0 Å². The molecule has 5 heterocycles. The summed E-state index contributed by atoms with van der Waals surface area (Å²) >= 11 is 0. The highest BCUT2D eigenvalue weighted by Crippen LogP contribution is 2.32. The van der Waals surface area contributed by atoms with Crippen molar-refractivity contribution >= 4 is 27.6 Å². The molecular formula is C23H22N8. The van der Waals surface area contributed by atoms with Gasteiger partial charge in [-0.2, -0.15) is 5.10 Å². The molecule has 1 aliphatic heterocycles. The second-order valence-corrected chi connectivity index (χ2v) is 8.00. The van der Waals surface area contributed by atoms with E-state index in [2.05, 4.69) is 60.2 Å². The minimum absolute atomic E-state index is 0.743. The first-order valence-electron chi connectivity index (χ1n) is 10.4. The van der Waals surface area contributed by atoms with E-state index in [4.69, 9.17) is 4.98 Å². The molecular weight excluding hydrogens is 388 g/mol. The number of H-pyrrole nitrogens is 2. The van der Waals surface area contributed by atoms with Crippen LogP contribution in [0.2, 0.25) is 0 Å². The Kier molecular flexibility index (Phi) is 4.17. The third-order valence-electron chi connectivity index (χ3n) is 6.00. The Morgan fingerprint density at radius 2 is 1.81 bits per heavy atom. The largest absolute Gasteiger partial charge is 0.366 e.